The zero-order valence-corrected chi connectivity index (χ0v) is 11.4. The first kappa shape index (κ1) is 13.5. The summed E-state index contributed by atoms with van der Waals surface area (Å²) in [6.07, 6.45) is 5.06. The van der Waals surface area contributed by atoms with Crippen LogP contribution in [0.2, 0.25) is 0 Å². The van der Waals surface area contributed by atoms with Crippen LogP contribution in [0.1, 0.15) is 51.3 Å². The van der Waals surface area contributed by atoms with Crippen LogP contribution in [-0.4, -0.2) is 29.9 Å². The van der Waals surface area contributed by atoms with Crippen molar-refractivity contribution in [1.29, 1.82) is 0 Å². The predicted octanol–water partition coefficient (Wildman–Crippen LogP) is 2.03. The highest BCUT2D eigenvalue weighted by molar-refractivity contribution is 4.98. The minimum absolute atomic E-state index is 0.355. The summed E-state index contributed by atoms with van der Waals surface area (Å²) in [5.41, 5.74) is -0.355. The van der Waals surface area contributed by atoms with E-state index in [1.165, 1.54) is 6.42 Å². The Labute approximate surface area is 108 Å². The lowest BCUT2D eigenvalue weighted by molar-refractivity contribution is -0.00614. The van der Waals surface area contributed by atoms with Crippen molar-refractivity contribution >= 4 is 0 Å². The fraction of sp³-hybridized carbons (Fsp3) is 0.846. The molecular formula is C13H23N3O2. The predicted molar refractivity (Wildman–Crippen MR) is 68.3 cm³/mol. The molecule has 1 unspecified atom stereocenters. The molecule has 0 bridgehead atoms. The van der Waals surface area contributed by atoms with Crippen LogP contribution in [0.15, 0.2) is 4.42 Å². The van der Waals surface area contributed by atoms with Crippen LogP contribution < -0.4 is 5.32 Å². The molecule has 1 atom stereocenters. The standard InChI is InChI=1S/C13H23N3O2/c1-3-8-14-9-4-6-11-15-16-12(18-11)13(2)7-5-10-17-13/h14H,3-10H2,1-2H3. The molecule has 1 saturated heterocycles. The van der Waals surface area contributed by atoms with Gasteiger partial charge in [0.15, 0.2) is 0 Å². The molecule has 0 amide bonds. The molecule has 1 aromatic rings. The third kappa shape index (κ3) is 3.29. The largest absolute Gasteiger partial charge is 0.422 e. The van der Waals surface area contributed by atoms with E-state index in [9.17, 15) is 0 Å². The molecule has 0 saturated carbocycles. The molecule has 1 aromatic heterocycles. The Balaban J connectivity index is 1.79. The van der Waals surface area contributed by atoms with Crippen molar-refractivity contribution < 1.29 is 9.15 Å². The van der Waals surface area contributed by atoms with Crippen LogP contribution in [0.25, 0.3) is 0 Å². The van der Waals surface area contributed by atoms with Crippen LogP contribution >= 0.6 is 0 Å². The normalized spacial score (nSPS) is 23.7. The van der Waals surface area contributed by atoms with Crippen LogP contribution in [0, 0.1) is 0 Å². The monoisotopic (exact) mass is 253 g/mol. The average Bonchev–Trinajstić information content (AvgIpc) is 2.99. The van der Waals surface area contributed by atoms with Gasteiger partial charge in [0.25, 0.3) is 0 Å². The van der Waals surface area contributed by atoms with Crippen molar-refractivity contribution in [3.63, 3.8) is 0 Å². The van der Waals surface area contributed by atoms with Gasteiger partial charge in [0.1, 0.15) is 5.60 Å². The number of ether oxygens (including phenoxy) is 1. The SMILES string of the molecule is CCCNCCCc1nnc(C2(C)CCCO2)o1. The van der Waals surface area contributed by atoms with Gasteiger partial charge in [-0.25, -0.2) is 0 Å². The quantitative estimate of drug-likeness (QED) is 0.753. The van der Waals surface area contributed by atoms with E-state index in [1.54, 1.807) is 0 Å². The molecule has 2 rings (SSSR count). The van der Waals surface area contributed by atoms with Gasteiger partial charge in [0, 0.05) is 13.0 Å². The molecule has 1 aliphatic rings. The van der Waals surface area contributed by atoms with Crippen molar-refractivity contribution in [2.45, 2.75) is 51.6 Å². The molecule has 0 aromatic carbocycles. The lowest BCUT2D eigenvalue weighted by Gasteiger charge is -2.17. The summed E-state index contributed by atoms with van der Waals surface area (Å²) >= 11 is 0. The number of hydrogen-bond acceptors (Lipinski definition) is 5. The van der Waals surface area contributed by atoms with E-state index >= 15 is 0 Å². The number of aromatic nitrogens is 2. The van der Waals surface area contributed by atoms with Gasteiger partial charge < -0.3 is 14.5 Å². The van der Waals surface area contributed by atoms with E-state index in [0.717, 1.165) is 51.3 Å². The van der Waals surface area contributed by atoms with Gasteiger partial charge >= 0.3 is 0 Å². The highest BCUT2D eigenvalue weighted by atomic mass is 16.5. The van der Waals surface area contributed by atoms with Gasteiger partial charge in [0.2, 0.25) is 11.8 Å². The Morgan fingerprint density at radius 1 is 1.33 bits per heavy atom. The van der Waals surface area contributed by atoms with Crippen molar-refractivity contribution in [3.05, 3.63) is 11.8 Å². The molecule has 1 aliphatic heterocycles. The first-order chi connectivity index (χ1) is 8.74. The summed E-state index contributed by atoms with van der Waals surface area (Å²) < 4.78 is 11.4. The Kier molecular flexibility index (Phi) is 4.72. The maximum atomic E-state index is 5.70. The Hall–Kier alpha value is -0.940. The summed E-state index contributed by atoms with van der Waals surface area (Å²) in [4.78, 5) is 0. The van der Waals surface area contributed by atoms with Crippen molar-refractivity contribution in [2.24, 2.45) is 0 Å². The topological polar surface area (TPSA) is 60.2 Å². The second-order valence-corrected chi connectivity index (χ2v) is 5.04. The fourth-order valence-corrected chi connectivity index (χ4v) is 2.18. The number of nitrogens with zero attached hydrogens (tertiary/aromatic N) is 2. The minimum atomic E-state index is -0.355. The van der Waals surface area contributed by atoms with E-state index < -0.39 is 0 Å². The van der Waals surface area contributed by atoms with E-state index in [4.69, 9.17) is 9.15 Å². The Bertz CT molecular complexity index is 359. The van der Waals surface area contributed by atoms with Gasteiger partial charge in [-0.2, -0.15) is 0 Å². The smallest absolute Gasteiger partial charge is 0.247 e. The summed E-state index contributed by atoms with van der Waals surface area (Å²) in [6.45, 7) is 7.05. The third-order valence-corrected chi connectivity index (χ3v) is 3.31. The van der Waals surface area contributed by atoms with Gasteiger partial charge in [-0.15, -0.1) is 10.2 Å². The molecular weight excluding hydrogens is 230 g/mol. The van der Waals surface area contributed by atoms with Gasteiger partial charge in [-0.1, -0.05) is 6.92 Å². The molecule has 2 heterocycles. The first-order valence-electron chi connectivity index (χ1n) is 6.92. The van der Waals surface area contributed by atoms with Crippen LogP contribution in [0.4, 0.5) is 0 Å². The Morgan fingerprint density at radius 2 is 2.22 bits per heavy atom. The van der Waals surface area contributed by atoms with Crippen molar-refractivity contribution in [1.82, 2.24) is 15.5 Å². The maximum Gasteiger partial charge on any atom is 0.247 e. The van der Waals surface area contributed by atoms with Gasteiger partial charge in [0.05, 0.1) is 0 Å². The number of aryl methyl sites for hydroxylation is 1. The molecule has 0 radical (unpaired) electrons. The maximum absolute atomic E-state index is 5.70. The summed E-state index contributed by atoms with van der Waals surface area (Å²) in [5, 5.41) is 11.6. The van der Waals surface area contributed by atoms with Crippen LogP contribution in [0.3, 0.4) is 0 Å². The van der Waals surface area contributed by atoms with E-state index in [1.807, 2.05) is 6.92 Å². The molecule has 5 heteroatoms. The zero-order chi connectivity index (χ0) is 12.8. The second kappa shape index (κ2) is 6.29. The molecule has 0 aliphatic carbocycles. The van der Waals surface area contributed by atoms with E-state index in [-0.39, 0.29) is 5.60 Å². The molecule has 102 valence electrons. The number of rotatable bonds is 7. The zero-order valence-electron chi connectivity index (χ0n) is 11.4. The minimum Gasteiger partial charge on any atom is -0.422 e. The van der Waals surface area contributed by atoms with Gasteiger partial charge in [-0.05, 0) is 45.7 Å². The highest BCUT2D eigenvalue weighted by Crippen LogP contribution is 2.34. The van der Waals surface area contributed by atoms with E-state index in [0.29, 0.717) is 5.89 Å². The second-order valence-electron chi connectivity index (χ2n) is 5.04. The third-order valence-electron chi connectivity index (χ3n) is 3.31. The van der Waals surface area contributed by atoms with Crippen LogP contribution in [0.5, 0.6) is 0 Å². The summed E-state index contributed by atoms with van der Waals surface area (Å²) in [6, 6.07) is 0. The molecule has 1 N–H and O–H groups in total. The van der Waals surface area contributed by atoms with Crippen molar-refractivity contribution in [2.75, 3.05) is 19.7 Å². The van der Waals surface area contributed by atoms with Crippen molar-refractivity contribution in [3.8, 4) is 0 Å². The lowest BCUT2D eigenvalue weighted by atomic mass is 10.0. The highest BCUT2D eigenvalue weighted by Gasteiger charge is 2.37. The molecule has 1 fully saturated rings. The summed E-state index contributed by atoms with van der Waals surface area (Å²) in [5.74, 6) is 1.36. The van der Waals surface area contributed by atoms with Gasteiger partial charge in [-0.3, -0.25) is 0 Å². The lowest BCUT2D eigenvalue weighted by Crippen LogP contribution is -2.20. The molecule has 5 nitrogen and oxygen atoms in total. The fourth-order valence-electron chi connectivity index (χ4n) is 2.18. The number of nitrogens with one attached hydrogen (secondary N) is 1. The summed E-state index contributed by atoms with van der Waals surface area (Å²) in [7, 11) is 0. The van der Waals surface area contributed by atoms with E-state index in [2.05, 4.69) is 22.4 Å². The average molecular weight is 253 g/mol. The molecule has 0 spiro atoms. The Morgan fingerprint density at radius 3 is 2.94 bits per heavy atom. The molecule has 18 heavy (non-hydrogen) atoms. The van der Waals surface area contributed by atoms with Crippen LogP contribution in [-0.2, 0) is 16.8 Å². The number of hydrogen-bond donors (Lipinski definition) is 1. The first-order valence-corrected chi connectivity index (χ1v) is 6.92.